The Hall–Kier alpha value is -1.06. The number of esters is 2. The minimum absolute atomic E-state index is 0.00263. The molecule has 0 saturated carbocycles. The van der Waals surface area contributed by atoms with Crippen LogP contribution in [0.4, 0.5) is 0 Å². The molecule has 0 aromatic rings. The van der Waals surface area contributed by atoms with E-state index in [2.05, 4.69) is 20.8 Å². The van der Waals surface area contributed by atoms with Crippen LogP contribution in [0.2, 0.25) is 0 Å². The highest BCUT2D eigenvalue weighted by Gasteiger charge is 2.12. The summed E-state index contributed by atoms with van der Waals surface area (Å²) in [6, 6.07) is 0. The Morgan fingerprint density at radius 3 is 1.44 bits per heavy atom. The lowest BCUT2D eigenvalue weighted by Gasteiger charge is -2.16. The lowest BCUT2D eigenvalue weighted by molar-refractivity contribution is -0.150. The molecule has 0 aromatic carbocycles. The zero-order valence-corrected chi connectivity index (χ0v) is 21.9. The summed E-state index contributed by atoms with van der Waals surface area (Å²) in [7, 11) is 0. The van der Waals surface area contributed by atoms with Crippen molar-refractivity contribution in [2.75, 3.05) is 6.61 Å². The third-order valence-corrected chi connectivity index (χ3v) is 6.28. The third kappa shape index (κ3) is 22.1. The molecule has 0 N–H and O–H groups in total. The summed E-state index contributed by atoms with van der Waals surface area (Å²) in [5.74, 6) is 0.246. The molecule has 0 bridgehead atoms. The lowest BCUT2D eigenvalue weighted by Crippen LogP contribution is -2.19. The van der Waals surface area contributed by atoms with Gasteiger partial charge in [-0.05, 0) is 32.1 Å². The van der Waals surface area contributed by atoms with Crippen molar-refractivity contribution in [3.63, 3.8) is 0 Å². The molecule has 0 amide bonds. The maximum Gasteiger partial charge on any atom is 0.306 e. The van der Waals surface area contributed by atoms with Crippen LogP contribution >= 0.6 is 0 Å². The van der Waals surface area contributed by atoms with E-state index in [9.17, 15) is 9.59 Å². The first-order chi connectivity index (χ1) is 15.5. The summed E-state index contributed by atoms with van der Waals surface area (Å²) in [4.78, 5) is 23.5. The highest BCUT2D eigenvalue weighted by atomic mass is 16.5. The van der Waals surface area contributed by atoms with Crippen molar-refractivity contribution in [2.24, 2.45) is 5.92 Å². The smallest absolute Gasteiger partial charge is 0.306 e. The first-order valence-electron chi connectivity index (χ1n) is 13.8. The van der Waals surface area contributed by atoms with Gasteiger partial charge in [-0.1, -0.05) is 111 Å². The Labute approximate surface area is 199 Å². The van der Waals surface area contributed by atoms with E-state index in [4.69, 9.17) is 9.47 Å². The minimum Gasteiger partial charge on any atom is -0.466 e. The molecule has 0 aliphatic rings. The number of ether oxygens (including phenoxy) is 2. The van der Waals surface area contributed by atoms with E-state index in [0.717, 1.165) is 44.9 Å². The van der Waals surface area contributed by atoms with Gasteiger partial charge < -0.3 is 9.47 Å². The van der Waals surface area contributed by atoms with Crippen LogP contribution in [0.25, 0.3) is 0 Å². The molecule has 190 valence electrons. The summed E-state index contributed by atoms with van der Waals surface area (Å²) in [6.45, 7) is 8.92. The molecule has 0 heterocycles. The molecule has 0 rings (SSSR count). The summed E-state index contributed by atoms with van der Waals surface area (Å²) in [5, 5.41) is 0. The molecule has 1 atom stereocenters. The van der Waals surface area contributed by atoms with E-state index in [1.165, 1.54) is 64.2 Å². The van der Waals surface area contributed by atoms with Crippen LogP contribution in [-0.2, 0) is 19.1 Å². The second kappa shape index (κ2) is 23.1. The van der Waals surface area contributed by atoms with E-state index in [0.29, 0.717) is 25.4 Å². The van der Waals surface area contributed by atoms with Gasteiger partial charge in [-0.15, -0.1) is 0 Å². The Morgan fingerprint density at radius 2 is 0.969 bits per heavy atom. The van der Waals surface area contributed by atoms with Crippen LogP contribution in [-0.4, -0.2) is 24.6 Å². The second-order valence-electron chi connectivity index (χ2n) is 9.82. The van der Waals surface area contributed by atoms with Crippen LogP contribution in [0.3, 0.4) is 0 Å². The number of unbranched alkanes of at least 4 members (excludes halogenated alkanes) is 15. The van der Waals surface area contributed by atoms with Crippen LogP contribution in [0.1, 0.15) is 150 Å². The molecular weight excluding hydrogens is 400 g/mol. The van der Waals surface area contributed by atoms with Gasteiger partial charge in [0.15, 0.2) is 0 Å². The number of carbonyl (C=O) groups excluding carboxylic acids is 2. The van der Waals surface area contributed by atoms with Gasteiger partial charge in [0.25, 0.3) is 0 Å². The van der Waals surface area contributed by atoms with Crippen molar-refractivity contribution in [1.29, 1.82) is 0 Å². The molecule has 0 spiro atoms. The molecule has 0 aliphatic heterocycles. The van der Waals surface area contributed by atoms with Crippen LogP contribution in [0.15, 0.2) is 0 Å². The van der Waals surface area contributed by atoms with Gasteiger partial charge in [0.05, 0.1) is 6.61 Å². The average molecular weight is 455 g/mol. The molecule has 0 fully saturated rings. The highest BCUT2D eigenvalue weighted by molar-refractivity contribution is 5.69. The molecule has 4 heteroatoms. The molecular formula is C28H54O4. The molecule has 0 aliphatic carbocycles. The maximum absolute atomic E-state index is 11.8. The quantitative estimate of drug-likeness (QED) is 0.115. The molecule has 4 nitrogen and oxygen atoms in total. The van der Waals surface area contributed by atoms with Gasteiger partial charge in [-0.25, -0.2) is 0 Å². The Kier molecular flexibility index (Phi) is 22.3. The van der Waals surface area contributed by atoms with Crippen molar-refractivity contribution in [2.45, 2.75) is 156 Å². The Balaban J connectivity index is 3.29. The number of rotatable bonds is 23. The predicted octanol–water partition coefficient (Wildman–Crippen LogP) is 8.55. The SMILES string of the molecule is CCCCCCCCCCCCCOC(=O)CCCCCCCCC(=O)OC(C)C(C)C. The number of hydrogen-bond donors (Lipinski definition) is 0. The normalized spacial score (nSPS) is 12.2. The van der Waals surface area contributed by atoms with Crippen LogP contribution < -0.4 is 0 Å². The summed E-state index contributed by atoms with van der Waals surface area (Å²) in [6.07, 6.45) is 21.6. The number of carbonyl (C=O) groups is 2. The van der Waals surface area contributed by atoms with Gasteiger partial charge in [0.1, 0.15) is 6.10 Å². The lowest BCUT2D eigenvalue weighted by atomic mass is 10.1. The van der Waals surface area contributed by atoms with E-state index in [-0.39, 0.29) is 18.0 Å². The van der Waals surface area contributed by atoms with Gasteiger partial charge in [-0.2, -0.15) is 0 Å². The van der Waals surface area contributed by atoms with Crippen LogP contribution in [0, 0.1) is 5.92 Å². The predicted molar refractivity (Wildman–Crippen MR) is 135 cm³/mol. The average Bonchev–Trinajstić information content (AvgIpc) is 2.76. The van der Waals surface area contributed by atoms with Crippen LogP contribution in [0.5, 0.6) is 0 Å². The van der Waals surface area contributed by atoms with Crippen molar-refractivity contribution >= 4 is 11.9 Å². The van der Waals surface area contributed by atoms with Crippen molar-refractivity contribution in [3.05, 3.63) is 0 Å². The molecule has 0 radical (unpaired) electrons. The zero-order valence-electron chi connectivity index (χ0n) is 21.9. The summed E-state index contributed by atoms with van der Waals surface area (Å²) in [5.41, 5.74) is 0. The van der Waals surface area contributed by atoms with Crippen molar-refractivity contribution in [3.8, 4) is 0 Å². The first-order valence-corrected chi connectivity index (χ1v) is 13.8. The molecule has 1 unspecified atom stereocenters. The minimum atomic E-state index is -0.0771. The monoisotopic (exact) mass is 454 g/mol. The topological polar surface area (TPSA) is 52.6 Å². The summed E-state index contributed by atoms with van der Waals surface area (Å²) < 4.78 is 10.7. The highest BCUT2D eigenvalue weighted by Crippen LogP contribution is 2.13. The van der Waals surface area contributed by atoms with Gasteiger partial charge in [0, 0.05) is 12.8 Å². The fourth-order valence-corrected chi connectivity index (χ4v) is 3.67. The molecule has 0 saturated heterocycles. The van der Waals surface area contributed by atoms with Crippen molar-refractivity contribution < 1.29 is 19.1 Å². The molecule has 0 aromatic heterocycles. The number of hydrogen-bond acceptors (Lipinski definition) is 4. The first kappa shape index (κ1) is 30.9. The largest absolute Gasteiger partial charge is 0.466 e. The fraction of sp³-hybridized carbons (Fsp3) is 0.929. The van der Waals surface area contributed by atoms with E-state index in [1.54, 1.807) is 0 Å². The standard InChI is InChI=1S/C28H54O4/c1-5-6-7-8-9-10-11-12-15-18-21-24-31-27(29)22-19-16-13-14-17-20-23-28(30)32-26(4)25(2)3/h25-26H,5-24H2,1-4H3. The fourth-order valence-electron chi connectivity index (χ4n) is 3.67. The Morgan fingerprint density at radius 1 is 0.562 bits per heavy atom. The molecule has 32 heavy (non-hydrogen) atoms. The van der Waals surface area contributed by atoms with Gasteiger partial charge in [-0.3, -0.25) is 9.59 Å². The van der Waals surface area contributed by atoms with Gasteiger partial charge in [0.2, 0.25) is 0 Å². The zero-order chi connectivity index (χ0) is 23.9. The Bertz CT molecular complexity index is 433. The second-order valence-corrected chi connectivity index (χ2v) is 9.82. The van der Waals surface area contributed by atoms with E-state index < -0.39 is 0 Å². The van der Waals surface area contributed by atoms with Crippen molar-refractivity contribution in [1.82, 2.24) is 0 Å². The third-order valence-electron chi connectivity index (χ3n) is 6.28. The van der Waals surface area contributed by atoms with Gasteiger partial charge >= 0.3 is 11.9 Å². The van der Waals surface area contributed by atoms with E-state index >= 15 is 0 Å². The summed E-state index contributed by atoms with van der Waals surface area (Å²) >= 11 is 0. The maximum atomic E-state index is 11.8. The van der Waals surface area contributed by atoms with E-state index in [1.807, 2.05) is 6.92 Å².